The molecule has 0 amide bonds. The van der Waals surface area contributed by atoms with Crippen LogP contribution in [-0.2, 0) is 0 Å². The number of H-pyrrole nitrogens is 1. The number of fused-ring (bicyclic) bond motifs is 1. The first-order valence-electron chi connectivity index (χ1n) is 5.87. The van der Waals surface area contributed by atoms with Crippen molar-refractivity contribution in [1.29, 1.82) is 0 Å². The summed E-state index contributed by atoms with van der Waals surface area (Å²) in [6, 6.07) is 10.1. The number of aromatic amines is 1. The zero-order valence-corrected chi connectivity index (χ0v) is 11.0. The van der Waals surface area contributed by atoms with Gasteiger partial charge in [0.1, 0.15) is 5.17 Å². The third-order valence-corrected chi connectivity index (χ3v) is 3.40. The van der Waals surface area contributed by atoms with Crippen LogP contribution in [0.15, 0.2) is 35.3 Å². The van der Waals surface area contributed by atoms with E-state index in [1.807, 2.05) is 31.2 Å². The Morgan fingerprint density at radius 3 is 2.56 bits per heavy atom. The van der Waals surface area contributed by atoms with E-state index < -0.39 is 0 Å². The molecule has 1 N–H and O–H groups in total. The summed E-state index contributed by atoms with van der Waals surface area (Å²) in [6.07, 6.45) is 2.05. The predicted molar refractivity (Wildman–Crippen MR) is 77.0 cm³/mol. The van der Waals surface area contributed by atoms with E-state index in [1.54, 1.807) is 0 Å². The maximum absolute atomic E-state index is 6.15. The second-order valence-electron chi connectivity index (χ2n) is 4.53. The summed E-state index contributed by atoms with van der Waals surface area (Å²) in [5.74, 6) is 0. The second kappa shape index (κ2) is 4.14. The van der Waals surface area contributed by atoms with Gasteiger partial charge in [0.2, 0.25) is 0 Å². The van der Waals surface area contributed by atoms with Gasteiger partial charge in [-0.15, -0.1) is 0 Å². The first kappa shape index (κ1) is 11.3. The fourth-order valence-electron chi connectivity index (χ4n) is 2.26. The molecule has 0 unspecified atom stereocenters. The molecule has 1 aromatic carbocycles. The lowest BCUT2D eigenvalue weighted by Crippen LogP contribution is -1.86. The van der Waals surface area contributed by atoms with Crippen LogP contribution in [0.1, 0.15) is 28.1 Å². The largest absolute Gasteiger partial charge is 0.359 e. The minimum Gasteiger partial charge on any atom is -0.359 e. The molecule has 90 valence electrons. The first-order chi connectivity index (χ1) is 8.65. The van der Waals surface area contributed by atoms with Gasteiger partial charge in [0.25, 0.3) is 0 Å². The van der Waals surface area contributed by atoms with Gasteiger partial charge < -0.3 is 4.98 Å². The van der Waals surface area contributed by atoms with Crippen molar-refractivity contribution in [2.45, 2.75) is 13.8 Å². The topological polar surface area (TPSA) is 28.1 Å². The van der Waals surface area contributed by atoms with E-state index in [9.17, 15) is 0 Å². The maximum Gasteiger partial charge on any atom is 0.137 e. The van der Waals surface area contributed by atoms with E-state index in [1.165, 1.54) is 5.56 Å². The van der Waals surface area contributed by atoms with Crippen LogP contribution in [0.3, 0.4) is 0 Å². The summed E-state index contributed by atoms with van der Waals surface area (Å²) in [5, 5.41) is 0.567. The quantitative estimate of drug-likeness (QED) is 0.795. The first-order valence-corrected chi connectivity index (χ1v) is 6.25. The average Bonchev–Trinajstić information content (AvgIpc) is 2.82. The molecule has 0 saturated heterocycles. The van der Waals surface area contributed by atoms with Crippen molar-refractivity contribution < 1.29 is 0 Å². The fourth-order valence-corrected chi connectivity index (χ4v) is 2.51. The van der Waals surface area contributed by atoms with Crippen LogP contribution in [0, 0.1) is 13.8 Å². The van der Waals surface area contributed by atoms with E-state index in [-0.39, 0.29) is 0 Å². The number of nitrogens with one attached hydrogen (secondary N) is 1. The van der Waals surface area contributed by atoms with Gasteiger partial charge in [-0.2, -0.15) is 0 Å². The summed E-state index contributed by atoms with van der Waals surface area (Å²) in [7, 11) is 0. The van der Waals surface area contributed by atoms with Gasteiger partial charge in [-0.05, 0) is 31.6 Å². The number of aliphatic imine (C=N–C) groups is 1. The fraction of sp³-hybridized carbons (Fsp3) is 0.133. The Bertz CT molecular complexity index is 678. The summed E-state index contributed by atoms with van der Waals surface area (Å²) in [6.45, 7) is 4.13. The van der Waals surface area contributed by atoms with Crippen LogP contribution in [0.4, 0.5) is 0 Å². The van der Waals surface area contributed by atoms with Gasteiger partial charge in [-0.1, -0.05) is 35.9 Å². The molecule has 0 aliphatic carbocycles. The van der Waals surface area contributed by atoms with Gasteiger partial charge in [0.15, 0.2) is 0 Å². The Kier molecular flexibility index (Phi) is 2.60. The molecular weight excluding hydrogens is 244 g/mol. The van der Waals surface area contributed by atoms with Crippen molar-refractivity contribution in [2.75, 3.05) is 0 Å². The van der Waals surface area contributed by atoms with E-state index in [0.717, 1.165) is 28.2 Å². The van der Waals surface area contributed by atoms with Crippen LogP contribution in [-0.4, -0.2) is 10.2 Å². The van der Waals surface area contributed by atoms with Crippen LogP contribution in [0.2, 0.25) is 0 Å². The van der Waals surface area contributed by atoms with Crippen molar-refractivity contribution in [2.24, 2.45) is 4.99 Å². The number of halogens is 1. The van der Waals surface area contributed by atoms with E-state index in [2.05, 4.69) is 29.0 Å². The molecule has 0 bridgehead atoms. The van der Waals surface area contributed by atoms with Crippen LogP contribution < -0.4 is 0 Å². The third-order valence-electron chi connectivity index (χ3n) is 3.11. The van der Waals surface area contributed by atoms with E-state index >= 15 is 0 Å². The van der Waals surface area contributed by atoms with Crippen molar-refractivity contribution in [1.82, 2.24) is 4.98 Å². The number of hydrogen-bond donors (Lipinski definition) is 1. The summed E-state index contributed by atoms with van der Waals surface area (Å²) >= 11 is 6.15. The highest BCUT2D eigenvalue weighted by Gasteiger charge is 2.18. The van der Waals surface area contributed by atoms with Gasteiger partial charge in [0, 0.05) is 22.5 Å². The van der Waals surface area contributed by atoms with Gasteiger partial charge in [0.05, 0.1) is 5.70 Å². The number of hydrogen-bond acceptors (Lipinski definition) is 1. The Labute approximate surface area is 111 Å². The normalized spacial score (nSPS) is 15.9. The third kappa shape index (κ3) is 1.79. The molecule has 0 radical (unpaired) electrons. The molecule has 1 aliphatic rings. The molecule has 1 aromatic heterocycles. The monoisotopic (exact) mass is 256 g/mol. The highest BCUT2D eigenvalue weighted by Crippen LogP contribution is 2.31. The van der Waals surface area contributed by atoms with Crippen molar-refractivity contribution in [3.63, 3.8) is 0 Å². The summed E-state index contributed by atoms with van der Waals surface area (Å²) in [4.78, 5) is 7.75. The Morgan fingerprint density at radius 1 is 1.17 bits per heavy atom. The highest BCUT2D eigenvalue weighted by molar-refractivity contribution is 6.71. The predicted octanol–water partition coefficient (Wildman–Crippen LogP) is 4.13. The zero-order chi connectivity index (χ0) is 12.7. The SMILES string of the molecule is Cc1cc(C)c(C=C2N=C(Cl)c3ccccc32)[nH]1. The minimum atomic E-state index is 0.567. The molecule has 1 aliphatic heterocycles. The number of benzene rings is 1. The van der Waals surface area contributed by atoms with Gasteiger partial charge in [-0.25, -0.2) is 4.99 Å². The lowest BCUT2D eigenvalue weighted by atomic mass is 10.1. The second-order valence-corrected chi connectivity index (χ2v) is 4.88. The number of aromatic nitrogens is 1. The van der Waals surface area contributed by atoms with Crippen LogP contribution >= 0.6 is 11.6 Å². The Balaban J connectivity index is 2.12. The molecular formula is C15H13ClN2. The number of aryl methyl sites for hydroxylation is 2. The van der Waals surface area contributed by atoms with E-state index in [0.29, 0.717) is 5.17 Å². The zero-order valence-electron chi connectivity index (χ0n) is 10.3. The van der Waals surface area contributed by atoms with Crippen molar-refractivity contribution in [3.05, 3.63) is 58.4 Å². The molecule has 0 atom stereocenters. The smallest absolute Gasteiger partial charge is 0.137 e. The maximum atomic E-state index is 6.15. The molecule has 0 spiro atoms. The Morgan fingerprint density at radius 2 is 1.89 bits per heavy atom. The number of rotatable bonds is 1. The highest BCUT2D eigenvalue weighted by atomic mass is 35.5. The summed E-state index contributed by atoms with van der Waals surface area (Å²) in [5.41, 5.74) is 6.48. The van der Waals surface area contributed by atoms with Gasteiger partial charge >= 0.3 is 0 Å². The molecule has 2 heterocycles. The number of nitrogens with zero attached hydrogens (tertiary/aromatic N) is 1. The molecule has 3 heteroatoms. The standard InChI is InChI=1S/C15H13ClN2/c1-9-7-10(2)17-13(9)8-14-11-5-3-4-6-12(11)15(16)18-14/h3-8,17H,1-2H3. The average molecular weight is 257 g/mol. The van der Waals surface area contributed by atoms with Crippen LogP contribution in [0.25, 0.3) is 11.8 Å². The van der Waals surface area contributed by atoms with Crippen molar-refractivity contribution in [3.8, 4) is 0 Å². The Hall–Kier alpha value is -1.80. The lowest BCUT2D eigenvalue weighted by Gasteiger charge is -1.99. The van der Waals surface area contributed by atoms with E-state index in [4.69, 9.17) is 11.6 Å². The molecule has 0 saturated carbocycles. The molecule has 2 aromatic rings. The van der Waals surface area contributed by atoms with Crippen LogP contribution in [0.5, 0.6) is 0 Å². The summed E-state index contributed by atoms with van der Waals surface area (Å²) < 4.78 is 0. The molecule has 3 rings (SSSR count). The minimum absolute atomic E-state index is 0.567. The van der Waals surface area contributed by atoms with Crippen molar-refractivity contribution >= 4 is 28.5 Å². The molecule has 2 nitrogen and oxygen atoms in total. The molecule has 18 heavy (non-hydrogen) atoms. The van der Waals surface area contributed by atoms with Gasteiger partial charge in [-0.3, -0.25) is 0 Å². The lowest BCUT2D eigenvalue weighted by molar-refractivity contribution is 1.24. The molecule has 0 fully saturated rings.